The normalized spacial score (nSPS) is 20.4. The Morgan fingerprint density at radius 2 is 1.85 bits per heavy atom. The van der Waals surface area contributed by atoms with E-state index in [4.69, 9.17) is 23.2 Å². The molecule has 27 heavy (non-hydrogen) atoms. The average molecular weight is 406 g/mol. The van der Waals surface area contributed by atoms with Crippen molar-refractivity contribution in [3.63, 3.8) is 0 Å². The summed E-state index contributed by atoms with van der Waals surface area (Å²) in [5, 5.41) is 6.12. The second-order valence-electron chi connectivity index (χ2n) is 6.39. The summed E-state index contributed by atoms with van der Waals surface area (Å²) in [7, 11) is 0. The van der Waals surface area contributed by atoms with Crippen LogP contribution in [-0.4, -0.2) is 28.8 Å². The number of amides is 4. The van der Waals surface area contributed by atoms with Gasteiger partial charge in [-0.3, -0.25) is 9.59 Å². The number of urea groups is 1. The highest BCUT2D eigenvalue weighted by atomic mass is 35.5. The predicted octanol–water partition coefficient (Wildman–Crippen LogP) is 3.79. The van der Waals surface area contributed by atoms with Gasteiger partial charge in [0.05, 0.1) is 0 Å². The lowest BCUT2D eigenvalue weighted by molar-refractivity contribution is -0.136. The molecule has 0 saturated carbocycles. The summed E-state index contributed by atoms with van der Waals surface area (Å²) < 4.78 is 0. The van der Waals surface area contributed by atoms with Gasteiger partial charge in [-0.15, -0.1) is 0 Å². The number of benzene rings is 2. The van der Waals surface area contributed by atoms with E-state index >= 15 is 0 Å². The van der Waals surface area contributed by atoms with E-state index in [1.165, 1.54) is 6.92 Å². The zero-order valence-electron chi connectivity index (χ0n) is 14.6. The first-order chi connectivity index (χ1) is 12.7. The third-order valence-corrected chi connectivity index (χ3v) is 5.06. The molecule has 0 radical (unpaired) electrons. The molecule has 140 valence electrons. The average Bonchev–Trinajstić information content (AvgIpc) is 2.84. The van der Waals surface area contributed by atoms with Crippen LogP contribution in [-0.2, 0) is 15.1 Å². The molecule has 2 aromatic carbocycles. The van der Waals surface area contributed by atoms with Crippen molar-refractivity contribution < 1.29 is 14.4 Å². The largest absolute Gasteiger partial charge is 0.326 e. The fourth-order valence-electron chi connectivity index (χ4n) is 2.99. The van der Waals surface area contributed by atoms with Crippen LogP contribution >= 0.6 is 23.2 Å². The molecule has 2 N–H and O–H groups in total. The van der Waals surface area contributed by atoms with Gasteiger partial charge in [0, 0.05) is 21.3 Å². The maximum Gasteiger partial charge on any atom is 0.326 e. The minimum absolute atomic E-state index is 0.353. The summed E-state index contributed by atoms with van der Waals surface area (Å²) in [6.45, 7) is 3.05. The number of halogens is 2. The number of imide groups is 1. The van der Waals surface area contributed by atoms with Crippen molar-refractivity contribution in [2.45, 2.75) is 25.4 Å². The lowest BCUT2D eigenvalue weighted by atomic mass is 9.91. The van der Waals surface area contributed by atoms with Gasteiger partial charge in [-0.1, -0.05) is 47.5 Å². The Morgan fingerprint density at radius 1 is 1.15 bits per heavy atom. The molecule has 0 aromatic heterocycles. The van der Waals surface area contributed by atoms with Crippen molar-refractivity contribution in [2.75, 3.05) is 5.32 Å². The number of rotatable bonds is 4. The minimum atomic E-state index is -1.35. The standard InChI is InChI=1S/C19H17Cl2N3O3/c1-11(16(25)22-13-7-5-6-12(20)10-13)24-17(26)19(2,23-18(24)27)14-8-3-4-9-15(14)21/h3-11H,1-2H3,(H,22,25)(H,23,27)/t11-,19+/m0/s1. The number of carbonyl (C=O) groups is 3. The van der Waals surface area contributed by atoms with Crippen LogP contribution < -0.4 is 10.6 Å². The minimum Gasteiger partial charge on any atom is -0.324 e. The fraction of sp³-hybridized carbons (Fsp3) is 0.211. The molecule has 4 amide bonds. The van der Waals surface area contributed by atoms with Crippen molar-refractivity contribution >= 4 is 46.7 Å². The molecule has 2 atom stereocenters. The molecule has 1 aliphatic rings. The lowest BCUT2D eigenvalue weighted by Crippen LogP contribution is -2.47. The predicted molar refractivity (Wildman–Crippen MR) is 104 cm³/mol. The molecule has 0 spiro atoms. The molecule has 8 heteroatoms. The van der Waals surface area contributed by atoms with Gasteiger partial charge < -0.3 is 10.6 Å². The molecule has 6 nitrogen and oxygen atoms in total. The number of hydrogen-bond acceptors (Lipinski definition) is 3. The van der Waals surface area contributed by atoms with Crippen molar-refractivity contribution in [3.8, 4) is 0 Å². The van der Waals surface area contributed by atoms with Crippen molar-refractivity contribution in [3.05, 3.63) is 64.1 Å². The van der Waals surface area contributed by atoms with Gasteiger partial charge in [0.15, 0.2) is 0 Å². The van der Waals surface area contributed by atoms with Gasteiger partial charge in [-0.25, -0.2) is 9.69 Å². The third kappa shape index (κ3) is 3.50. The van der Waals surface area contributed by atoms with Gasteiger partial charge in [-0.2, -0.15) is 0 Å². The van der Waals surface area contributed by atoms with Crippen LogP contribution in [0.2, 0.25) is 10.0 Å². The molecule has 1 fully saturated rings. The Bertz CT molecular complexity index is 934. The number of anilines is 1. The van der Waals surface area contributed by atoms with E-state index < -0.39 is 29.4 Å². The Hall–Kier alpha value is -2.57. The van der Waals surface area contributed by atoms with Gasteiger partial charge >= 0.3 is 6.03 Å². The van der Waals surface area contributed by atoms with Gasteiger partial charge in [-0.05, 0) is 38.1 Å². The Morgan fingerprint density at radius 3 is 2.52 bits per heavy atom. The zero-order chi connectivity index (χ0) is 19.8. The smallest absolute Gasteiger partial charge is 0.324 e. The molecular formula is C19H17Cl2N3O3. The maximum absolute atomic E-state index is 13.0. The molecule has 3 rings (SSSR count). The van der Waals surface area contributed by atoms with E-state index in [0.717, 1.165) is 4.90 Å². The number of nitrogens with one attached hydrogen (secondary N) is 2. The second kappa shape index (κ2) is 7.21. The van der Waals surface area contributed by atoms with Gasteiger partial charge in [0.1, 0.15) is 11.6 Å². The topological polar surface area (TPSA) is 78.5 Å². The summed E-state index contributed by atoms with van der Waals surface area (Å²) in [5.41, 5.74) is -0.407. The fourth-order valence-corrected chi connectivity index (χ4v) is 3.51. The molecular weight excluding hydrogens is 389 g/mol. The molecule has 0 unspecified atom stereocenters. The van der Waals surface area contributed by atoms with Crippen molar-refractivity contribution in [1.29, 1.82) is 0 Å². The Balaban J connectivity index is 1.84. The summed E-state index contributed by atoms with van der Waals surface area (Å²) >= 11 is 12.1. The maximum atomic E-state index is 13.0. The van der Waals surface area contributed by atoms with Crippen LogP contribution in [0.25, 0.3) is 0 Å². The van der Waals surface area contributed by atoms with Crippen LogP contribution in [0.3, 0.4) is 0 Å². The molecule has 1 aliphatic heterocycles. The number of hydrogen-bond donors (Lipinski definition) is 2. The van der Waals surface area contributed by atoms with E-state index in [2.05, 4.69) is 10.6 Å². The van der Waals surface area contributed by atoms with E-state index in [0.29, 0.717) is 21.3 Å². The third-order valence-electron chi connectivity index (χ3n) is 4.49. The van der Waals surface area contributed by atoms with Crippen LogP contribution in [0.5, 0.6) is 0 Å². The van der Waals surface area contributed by atoms with Gasteiger partial charge in [0.25, 0.3) is 5.91 Å². The summed E-state index contributed by atoms with van der Waals surface area (Å²) in [6, 6.07) is 11.7. The summed E-state index contributed by atoms with van der Waals surface area (Å²) in [4.78, 5) is 39.0. The molecule has 0 aliphatic carbocycles. The lowest BCUT2D eigenvalue weighted by Gasteiger charge is -2.25. The van der Waals surface area contributed by atoms with E-state index in [1.807, 2.05) is 0 Å². The second-order valence-corrected chi connectivity index (χ2v) is 7.23. The van der Waals surface area contributed by atoms with E-state index in [1.54, 1.807) is 55.5 Å². The van der Waals surface area contributed by atoms with Crippen molar-refractivity contribution in [1.82, 2.24) is 10.2 Å². The first-order valence-corrected chi connectivity index (χ1v) is 8.97. The Labute approximate surface area is 166 Å². The number of carbonyl (C=O) groups excluding carboxylic acids is 3. The van der Waals surface area contributed by atoms with E-state index in [-0.39, 0.29) is 0 Å². The molecule has 1 heterocycles. The highest BCUT2D eigenvalue weighted by molar-refractivity contribution is 6.32. The van der Waals surface area contributed by atoms with Crippen LogP contribution in [0.1, 0.15) is 19.4 Å². The highest BCUT2D eigenvalue weighted by Crippen LogP contribution is 2.34. The zero-order valence-corrected chi connectivity index (χ0v) is 16.1. The molecule has 2 aromatic rings. The monoisotopic (exact) mass is 405 g/mol. The number of nitrogens with zero attached hydrogens (tertiary/aromatic N) is 1. The quantitative estimate of drug-likeness (QED) is 0.759. The van der Waals surface area contributed by atoms with Crippen LogP contribution in [0, 0.1) is 0 Å². The van der Waals surface area contributed by atoms with Gasteiger partial charge in [0.2, 0.25) is 5.91 Å². The van der Waals surface area contributed by atoms with Crippen LogP contribution in [0.4, 0.5) is 10.5 Å². The Kier molecular flexibility index (Phi) is 5.13. The first kappa shape index (κ1) is 19.2. The molecule has 0 bridgehead atoms. The highest BCUT2D eigenvalue weighted by Gasteiger charge is 2.52. The summed E-state index contributed by atoms with van der Waals surface area (Å²) in [5.74, 6) is -1.06. The SMILES string of the molecule is C[C@@H](C(=O)Nc1cccc(Cl)c1)N1C(=O)N[C@](C)(c2ccccc2Cl)C1=O. The van der Waals surface area contributed by atoms with E-state index in [9.17, 15) is 14.4 Å². The molecule has 1 saturated heterocycles. The van der Waals surface area contributed by atoms with Crippen molar-refractivity contribution in [2.24, 2.45) is 0 Å². The summed E-state index contributed by atoms with van der Waals surface area (Å²) in [6.07, 6.45) is 0. The first-order valence-electron chi connectivity index (χ1n) is 8.21. The van der Waals surface area contributed by atoms with Crippen LogP contribution in [0.15, 0.2) is 48.5 Å².